The fourth-order valence-corrected chi connectivity index (χ4v) is 3.66. The Bertz CT molecular complexity index is 808. The molecule has 0 aliphatic heterocycles. The minimum Gasteiger partial charge on any atom is -0.382 e. The van der Waals surface area contributed by atoms with Gasteiger partial charge in [0, 0.05) is 35.7 Å². The summed E-state index contributed by atoms with van der Waals surface area (Å²) in [5.74, 6) is 0.876. The molecule has 25 heavy (non-hydrogen) atoms. The van der Waals surface area contributed by atoms with Crippen molar-refractivity contribution in [3.05, 3.63) is 40.4 Å². The molecule has 0 fully saturated rings. The molecule has 0 unspecified atom stereocenters. The van der Waals surface area contributed by atoms with Gasteiger partial charge in [0.15, 0.2) is 0 Å². The van der Waals surface area contributed by atoms with Crippen molar-refractivity contribution in [1.82, 2.24) is 9.97 Å². The van der Waals surface area contributed by atoms with Gasteiger partial charge in [0.05, 0.1) is 18.6 Å². The van der Waals surface area contributed by atoms with Crippen molar-refractivity contribution in [2.75, 3.05) is 38.8 Å². The van der Waals surface area contributed by atoms with Crippen LogP contribution in [0.4, 0.5) is 5.82 Å². The highest BCUT2D eigenvalue weighted by Crippen LogP contribution is 2.36. The monoisotopic (exact) mass is 421 g/mol. The standard InChI is InChI=1S/C18H20BrN3O2S/c1-23-9-10-24-8-2-7-20-17-16-15(11-25-18(16)22-12-21-17)13-3-5-14(19)6-4-13/h3-6,11-12H,2,7-10H2,1H3,(H,20,21,22). The smallest absolute Gasteiger partial charge is 0.138 e. The highest BCUT2D eigenvalue weighted by Gasteiger charge is 2.12. The van der Waals surface area contributed by atoms with Crippen LogP contribution < -0.4 is 5.32 Å². The molecule has 0 spiro atoms. The van der Waals surface area contributed by atoms with Gasteiger partial charge in [0.25, 0.3) is 0 Å². The quantitative estimate of drug-likeness (QED) is 0.512. The second-order valence-corrected chi connectivity index (χ2v) is 7.22. The lowest BCUT2D eigenvalue weighted by molar-refractivity contribution is 0.0705. The lowest BCUT2D eigenvalue weighted by Crippen LogP contribution is -2.09. The minimum atomic E-state index is 0.630. The van der Waals surface area contributed by atoms with Crippen LogP contribution in [-0.2, 0) is 9.47 Å². The molecule has 2 heterocycles. The minimum absolute atomic E-state index is 0.630. The van der Waals surface area contributed by atoms with Crippen molar-refractivity contribution in [3.63, 3.8) is 0 Å². The van der Waals surface area contributed by atoms with E-state index in [0.29, 0.717) is 19.8 Å². The number of ether oxygens (including phenoxy) is 2. The lowest BCUT2D eigenvalue weighted by Gasteiger charge is -2.09. The summed E-state index contributed by atoms with van der Waals surface area (Å²) in [6, 6.07) is 8.30. The molecule has 0 atom stereocenters. The summed E-state index contributed by atoms with van der Waals surface area (Å²) < 4.78 is 11.5. The average Bonchev–Trinajstić information content (AvgIpc) is 3.06. The molecule has 1 N–H and O–H groups in total. The number of halogens is 1. The SMILES string of the molecule is COCCOCCCNc1ncnc2scc(-c3ccc(Br)cc3)c12. The van der Waals surface area contributed by atoms with E-state index in [0.717, 1.165) is 44.6 Å². The Labute approximate surface area is 159 Å². The number of thiophene rings is 1. The average molecular weight is 422 g/mol. The molecule has 0 saturated carbocycles. The number of hydrogen-bond acceptors (Lipinski definition) is 6. The largest absolute Gasteiger partial charge is 0.382 e. The summed E-state index contributed by atoms with van der Waals surface area (Å²) in [5, 5.41) is 6.64. The maximum absolute atomic E-state index is 5.49. The highest BCUT2D eigenvalue weighted by atomic mass is 79.9. The predicted octanol–water partition coefficient (Wildman–Crippen LogP) is 4.59. The van der Waals surface area contributed by atoms with Crippen LogP contribution in [0.5, 0.6) is 0 Å². The van der Waals surface area contributed by atoms with Crippen LogP contribution in [-0.4, -0.2) is 43.4 Å². The van der Waals surface area contributed by atoms with E-state index < -0.39 is 0 Å². The molecule has 1 aromatic carbocycles. The topological polar surface area (TPSA) is 56.3 Å². The third-order valence-corrected chi connectivity index (χ3v) is 5.13. The zero-order valence-electron chi connectivity index (χ0n) is 14.0. The maximum atomic E-state index is 5.49. The number of methoxy groups -OCH3 is 1. The van der Waals surface area contributed by atoms with Gasteiger partial charge in [-0.1, -0.05) is 28.1 Å². The van der Waals surface area contributed by atoms with Gasteiger partial charge in [0.1, 0.15) is 17.0 Å². The first-order valence-electron chi connectivity index (χ1n) is 8.08. The number of benzene rings is 1. The molecular formula is C18H20BrN3O2S. The summed E-state index contributed by atoms with van der Waals surface area (Å²) in [4.78, 5) is 9.84. The Hall–Kier alpha value is -1.54. The van der Waals surface area contributed by atoms with Crippen molar-refractivity contribution >= 4 is 43.3 Å². The molecule has 0 aliphatic rings. The fourth-order valence-electron chi connectivity index (χ4n) is 2.48. The third kappa shape index (κ3) is 4.76. The van der Waals surface area contributed by atoms with E-state index in [-0.39, 0.29) is 0 Å². The first-order valence-corrected chi connectivity index (χ1v) is 9.75. The third-order valence-electron chi connectivity index (χ3n) is 3.72. The van der Waals surface area contributed by atoms with Crippen molar-refractivity contribution in [1.29, 1.82) is 0 Å². The van der Waals surface area contributed by atoms with E-state index in [1.807, 2.05) is 12.1 Å². The van der Waals surface area contributed by atoms with Crippen LogP contribution in [0.15, 0.2) is 40.4 Å². The Morgan fingerprint density at radius 1 is 1.12 bits per heavy atom. The Morgan fingerprint density at radius 3 is 2.76 bits per heavy atom. The van der Waals surface area contributed by atoms with Crippen molar-refractivity contribution < 1.29 is 9.47 Å². The Kier molecular flexibility index (Phi) is 6.75. The summed E-state index contributed by atoms with van der Waals surface area (Å²) in [6.45, 7) is 2.76. The molecular weight excluding hydrogens is 402 g/mol. The molecule has 2 aromatic heterocycles. The first-order chi connectivity index (χ1) is 12.3. The number of nitrogens with zero attached hydrogens (tertiary/aromatic N) is 2. The Balaban J connectivity index is 1.70. The number of aromatic nitrogens is 2. The van der Waals surface area contributed by atoms with Crippen LogP contribution in [0, 0.1) is 0 Å². The van der Waals surface area contributed by atoms with Gasteiger partial charge in [-0.15, -0.1) is 11.3 Å². The second kappa shape index (κ2) is 9.24. The summed E-state index contributed by atoms with van der Waals surface area (Å²) in [6.07, 6.45) is 2.52. The van der Waals surface area contributed by atoms with E-state index >= 15 is 0 Å². The van der Waals surface area contributed by atoms with Crippen molar-refractivity contribution in [3.8, 4) is 11.1 Å². The van der Waals surface area contributed by atoms with E-state index in [1.54, 1.807) is 24.8 Å². The van der Waals surface area contributed by atoms with Gasteiger partial charge in [-0.05, 0) is 24.1 Å². The molecule has 5 nitrogen and oxygen atoms in total. The molecule has 0 radical (unpaired) electrons. The van der Waals surface area contributed by atoms with Crippen LogP contribution in [0.1, 0.15) is 6.42 Å². The second-order valence-electron chi connectivity index (χ2n) is 5.44. The number of fused-ring (bicyclic) bond motifs is 1. The summed E-state index contributed by atoms with van der Waals surface area (Å²) in [7, 11) is 1.68. The number of anilines is 1. The van der Waals surface area contributed by atoms with Crippen LogP contribution in [0.2, 0.25) is 0 Å². The zero-order chi connectivity index (χ0) is 17.5. The van der Waals surface area contributed by atoms with E-state index in [4.69, 9.17) is 9.47 Å². The predicted molar refractivity (Wildman–Crippen MR) is 106 cm³/mol. The molecule has 0 bridgehead atoms. The van der Waals surface area contributed by atoms with Gasteiger partial charge in [-0.3, -0.25) is 0 Å². The molecule has 3 aromatic rings. The lowest BCUT2D eigenvalue weighted by atomic mass is 10.1. The van der Waals surface area contributed by atoms with E-state index in [1.165, 1.54) is 0 Å². The molecule has 3 rings (SSSR count). The highest BCUT2D eigenvalue weighted by molar-refractivity contribution is 9.10. The first kappa shape index (κ1) is 18.3. The van der Waals surface area contributed by atoms with Gasteiger partial charge in [-0.25, -0.2) is 9.97 Å². The fraction of sp³-hybridized carbons (Fsp3) is 0.333. The normalized spacial score (nSPS) is 11.1. The summed E-state index contributed by atoms with van der Waals surface area (Å²) >= 11 is 5.12. The number of nitrogens with one attached hydrogen (secondary N) is 1. The van der Waals surface area contributed by atoms with Crippen LogP contribution >= 0.6 is 27.3 Å². The molecule has 7 heteroatoms. The van der Waals surface area contributed by atoms with Crippen molar-refractivity contribution in [2.45, 2.75) is 6.42 Å². The molecule has 132 valence electrons. The van der Waals surface area contributed by atoms with Gasteiger partial charge < -0.3 is 14.8 Å². The molecule has 0 amide bonds. The maximum Gasteiger partial charge on any atom is 0.138 e. The number of rotatable bonds is 9. The van der Waals surface area contributed by atoms with E-state index in [9.17, 15) is 0 Å². The van der Waals surface area contributed by atoms with E-state index in [2.05, 4.69) is 48.7 Å². The molecule has 0 saturated heterocycles. The number of hydrogen-bond donors (Lipinski definition) is 1. The van der Waals surface area contributed by atoms with Gasteiger partial charge >= 0.3 is 0 Å². The van der Waals surface area contributed by atoms with Gasteiger partial charge in [0.2, 0.25) is 0 Å². The van der Waals surface area contributed by atoms with Crippen LogP contribution in [0.3, 0.4) is 0 Å². The molecule has 0 aliphatic carbocycles. The summed E-state index contributed by atoms with van der Waals surface area (Å²) in [5.41, 5.74) is 2.32. The Morgan fingerprint density at radius 2 is 1.96 bits per heavy atom. The van der Waals surface area contributed by atoms with Crippen molar-refractivity contribution in [2.24, 2.45) is 0 Å². The zero-order valence-corrected chi connectivity index (χ0v) is 16.4. The van der Waals surface area contributed by atoms with Crippen LogP contribution in [0.25, 0.3) is 21.3 Å². The van der Waals surface area contributed by atoms with Gasteiger partial charge in [-0.2, -0.15) is 0 Å².